The van der Waals surface area contributed by atoms with Crippen molar-refractivity contribution in [2.75, 3.05) is 19.6 Å². The van der Waals surface area contributed by atoms with Crippen LogP contribution in [0.1, 0.15) is 65.9 Å². The van der Waals surface area contributed by atoms with Gasteiger partial charge in [-0.1, -0.05) is 13.3 Å². The van der Waals surface area contributed by atoms with Crippen molar-refractivity contribution in [1.82, 2.24) is 16.0 Å². The van der Waals surface area contributed by atoms with Gasteiger partial charge in [0.15, 0.2) is 5.96 Å². The van der Waals surface area contributed by atoms with Crippen molar-refractivity contribution >= 4 is 36.0 Å². The van der Waals surface area contributed by atoms with Crippen LogP contribution in [0.2, 0.25) is 0 Å². The number of carbonyl (C=O) groups excluding carboxylic acids is 1. The third-order valence-corrected chi connectivity index (χ3v) is 4.03. The monoisotopic (exact) mass is 538 g/mol. The summed E-state index contributed by atoms with van der Waals surface area (Å²) in [5.41, 5.74) is -1.76. The van der Waals surface area contributed by atoms with Crippen molar-refractivity contribution in [3.8, 4) is 0 Å². The Morgan fingerprint density at radius 3 is 2.40 bits per heavy atom. The highest BCUT2D eigenvalue weighted by atomic mass is 127. The van der Waals surface area contributed by atoms with Crippen LogP contribution in [0.3, 0.4) is 0 Å². The average Bonchev–Trinajstić information content (AvgIpc) is 3.03. The van der Waals surface area contributed by atoms with Crippen LogP contribution in [0.25, 0.3) is 0 Å². The van der Waals surface area contributed by atoms with Gasteiger partial charge in [-0.05, 0) is 60.1 Å². The second kappa shape index (κ2) is 13.0. The average molecular weight is 538 g/mol. The van der Waals surface area contributed by atoms with Crippen LogP contribution in [-0.2, 0) is 10.3 Å². The number of aliphatic hydroxyl groups is 1. The number of hydrogen-bond donors (Lipinski definition) is 4. The smallest absolute Gasteiger partial charge is 0.407 e. The quantitative estimate of drug-likeness (QED) is 0.217. The molecule has 0 fully saturated rings. The van der Waals surface area contributed by atoms with Crippen LogP contribution in [0.15, 0.2) is 21.5 Å². The van der Waals surface area contributed by atoms with Gasteiger partial charge in [0.05, 0.1) is 6.54 Å². The number of furan rings is 1. The van der Waals surface area contributed by atoms with Crippen LogP contribution < -0.4 is 16.0 Å². The molecule has 0 radical (unpaired) electrons. The molecular weight excluding hydrogens is 499 g/mol. The van der Waals surface area contributed by atoms with Gasteiger partial charge in [-0.25, -0.2) is 9.79 Å². The summed E-state index contributed by atoms with van der Waals surface area (Å²) in [4.78, 5) is 16.6. The van der Waals surface area contributed by atoms with Crippen molar-refractivity contribution in [3.05, 3.63) is 23.7 Å². The molecule has 1 amide bonds. The summed E-state index contributed by atoms with van der Waals surface area (Å²) in [6, 6.07) is 3.47. The van der Waals surface area contributed by atoms with E-state index >= 15 is 0 Å². The Balaban J connectivity index is 0.00000841. The van der Waals surface area contributed by atoms with Crippen molar-refractivity contribution < 1.29 is 19.1 Å². The first-order chi connectivity index (χ1) is 13.5. The maximum absolute atomic E-state index is 12.1. The second-order valence-electron chi connectivity index (χ2n) is 8.39. The number of carbonyl (C=O) groups is 1. The van der Waals surface area contributed by atoms with Crippen molar-refractivity contribution in [2.24, 2.45) is 4.99 Å². The lowest BCUT2D eigenvalue weighted by Gasteiger charge is -2.24. The van der Waals surface area contributed by atoms with E-state index in [1.165, 1.54) is 0 Å². The number of amides is 1. The van der Waals surface area contributed by atoms with Gasteiger partial charge in [-0.2, -0.15) is 0 Å². The number of halogens is 1. The van der Waals surface area contributed by atoms with Crippen molar-refractivity contribution in [3.63, 3.8) is 0 Å². The molecule has 1 aromatic rings. The number of hydrogen-bond acceptors (Lipinski definition) is 5. The number of nitrogens with one attached hydrogen (secondary N) is 3. The topological polar surface area (TPSA) is 108 Å². The van der Waals surface area contributed by atoms with Gasteiger partial charge in [-0.3, -0.25) is 0 Å². The first kappa shape index (κ1) is 28.5. The molecule has 1 heterocycles. The Labute approximate surface area is 197 Å². The summed E-state index contributed by atoms with van der Waals surface area (Å²) < 4.78 is 10.9. The van der Waals surface area contributed by atoms with E-state index in [9.17, 15) is 9.90 Å². The molecule has 4 N–H and O–H groups in total. The minimum Gasteiger partial charge on any atom is -0.463 e. The fourth-order valence-electron chi connectivity index (χ4n) is 2.64. The minimum absolute atomic E-state index is 0. The van der Waals surface area contributed by atoms with E-state index in [-0.39, 0.29) is 36.6 Å². The van der Waals surface area contributed by atoms with E-state index in [1.54, 1.807) is 13.0 Å². The SMILES string of the molecule is CCCC(CNC(=NCC(C)(O)c1ccc(C)o1)NCC)NC(=O)OC(C)(C)C.I. The Hall–Kier alpha value is -1.49. The highest BCUT2D eigenvalue weighted by molar-refractivity contribution is 14.0. The Bertz CT molecular complexity index is 668. The van der Waals surface area contributed by atoms with Crippen LogP contribution in [0.4, 0.5) is 4.79 Å². The van der Waals surface area contributed by atoms with Gasteiger partial charge in [0.25, 0.3) is 0 Å². The molecule has 0 aliphatic rings. The van der Waals surface area contributed by atoms with E-state index in [0.29, 0.717) is 24.8 Å². The third-order valence-electron chi connectivity index (χ3n) is 4.03. The molecule has 9 heteroatoms. The maximum atomic E-state index is 12.1. The van der Waals surface area contributed by atoms with Gasteiger partial charge < -0.3 is 30.2 Å². The number of alkyl carbamates (subject to hydrolysis) is 1. The largest absolute Gasteiger partial charge is 0.463 e. The fourth-order valence-corrected chi connectivity index (χ4v) is 2.64. The molecular formula is C21H39IN4O4. The molecule has 8 nitrogen and oxygen atoms in total. The number of aryl methyl sites for hydroxylation is 1. The van der Waals surface area contributed by atoms with Gasteiger partial charge in [0, 0.05) is 19.1 Å². The molecule has 2 atom stereocenters. The summed E-state index contributed by atoms with van der Waals surface area (Å²) in [7, 11) is 0. The van der Waals surface area contributed by atoms with Crippen molar-refractivity contribution in [2.45, 2.75) is 78.6 Å². The molecule has 0 aromatic carbocycles. The second-order valence-corrected chi connectivity index (χ2v) is 8.39. The summed E-state index contributed by atoms with van der Waals surface area (Å²) >= 11 is 0. The Morgan fingerprint density at radius 1 is 1.23 bits per heavy atom. The summed E-state index contributed by atoms with van der Waals surface area (Å²) in [6.45, 7) is 14.3. The predicted octanol–water partition coefficient (Wildman–Crippen LogP) is 3.66. The van der Waals surface area contributed by atoms with Crippen LogP contribution >= 0.6 is 24.0 Å². The Morgan fingerprint density at radius 2 is 1.90 bits per heavy atom. The van der Waals surface area contributed by atoms with Gasteiger partial charge in [0.1, 0.15) is 22.7 Å². The first-order valence-corrected chi connectivity index (χ1v) is 10.3. The zero-order chi connectivity index (χ0) is 22.1. The van der Waals surface area contributed by atoms with E-state index in [1.807, 2.05) is 40.7 Å². The molecule has 0 spiro atoms. The standard InChI is InChI=1S/C21H38N4O4.HI/c1-8-10-16(25-19(26)29-20(4,5)6)13-23-18(22-9-2)24-14-21(7,27)17-12-11-15(3)28-17;/h11-12,16,27H,8-10,13-14H2,1-7H3,(H,25,26)(H2,22,23,24);1H. The zero-order valence-electron chi connectivity index (χ0n) is 19.3. The molecule has 0 bridgehead atoms. The van der Waals surface area contributed by atoms with Crippen molar-refractivity contribution in [1.29, 1.82) is 0 Å². The van der Waals surface area contributed by atoms with E-state index < -0.39 is 17.3 Å². The summed E-state index contributed by atoms with van der Waals surface area (Å²) in [6.07, 6.45) is 1.29. The maximum Gasteiger partial charge on any atom is 0.407 e. The molecule has 174 valence electrons. The van der Waals surface area contributed by atoms with E-state index in [4.69, 9.17) is 9.15 Å². The molecule has 0 saturated carbocycles. The molecule has 1 aromatic heterocycles. The first-order valence-electron chi connectivity index (χ1n) is 10.3. The van der Waals surface area contributed by atoms with Crippen LogP contribution in [0, 0.1) is 6.92 Å². The molecule has 1 rings (SSSR count). The predicted molar refractivity (Wildman–Crippen MR) is 130 cm³/mol. The third kappa shape index (κ3) is 11.1. The number of guanidine groups is 1. The Kier molecular flexibility index (Phi) is 12.4. The lowest BCUT2D eigenvalue weighted by Crippen LogP contribution is -2.48. The molecule has 30 heavy (non-hydrogen) atoms. The lowest BCUT2D eigenvalue weighted by molar-refractivity contribution is 0.0428. The fraction of sp³-hybridized carbons (Fsp3) is 0.714. The summed E-state index contributed by atoms with van der Waals surface area (Å²) in [5, 5.41) is 20.0. The van der Waals surface area contributed by atoms with Gasteiger partial charge in [0.2, 0.25) is 0 Å². The number of ether oxygens (including phenoxy) is 1. The number of aliphatic imine (C=N–C) groups is 1. The van der Waals surface area contributed by atoms with Crippen LogP contribution in [0.5, 0.6) is 0 Å². The molecule has 0 saturated heterocycles. The zero-order valence-corrected chi connectivity index (χ0v) is 21.6. The molecule has 0 aliphatic heterocycles. The highest BCUT2D eigenvalue weighted by Gasteiger charge is 2.27. The van der Waals surface area contributed by atoms with E-state index in [0.717, 1.165) is 18.6 Å². The van der Waals surface area contributed by atoms with Gasteiger partial charge in [-0.15, -0.1) is 24.0 Å². The lowest BCUT2D eigenvalue weighted by atomic mass is 10.0. The normalized spacial score (nSPS) is 14.9. The number of nitrogens with zero attached hydrogens (tertiary/aromatic N) is 1. The van der Waals surface area contributed by atoms with Crippen LogP contribution in [-0.4, -0.2) is 48.4 Å². The number of rotatable bonds is 9. The summed E-state index contributed by atoms with van der Waals surface area (Å²) in [5.74, 6) is 1.78. The van der Waals surface area contributed by atoms with Gasteiger partial charge >= 0.3 is 6.09 Å². The highest BCUT2D eigenvalue weighted by Crippen LogP contribution is 2.23. The molecule has 0 aliphatic carbocycles. The molecule has 2 unspecified atom stereocenters. The minimum atomic E-state index is -1.21. The van der Waals surface area contributed by atoms with E-state index in [2.05, 4.69) is 27.9 Å².